The molecule has 0 radical (unpaired) electrons. The normalized spacial score (nSPS) is 14.6. The number of hydrogen-bond acceptors (Lipinski definition) is 6. The summed E-state index contributed by atoms with van der Waals surface area (Å²) in [7, 11) is 1.70. The number of piperazine rings is 1. The van der Waals surface area contributed by atoms with E-state index in [1.54, 1.807) is 18.4 Å². The smallest absolute Gasteiger partial charge is 0.154 e. The van der Waals surface area contributed by atoms with Crippen LogP contribution in [-0.4, -0.2) is 47.9 Å². The van der Waals surface area contributed by atoms with Gasteiger partial charge >= 0.3 is 0 Å². The molecule has 6 nitrogen and oxygen atoms in total. The van der Waals surface area contributed by atoms with Crippen LogP contribution in [0.5, 0.6) is 5.75 Å². The molecule has 7 heteroatoms. The molecule has 28 heavy (non-hydrogen) atoms. The lowest BCUT2D eigenvalue weighted by atomic mass is 10.2. The van der Waals surface area contributed by atoms with Crippen LogP contribution >= 0.6 is 11.3 Å². The van der Waals surface area contributed by atoms with Gasteiger partial charge in [0.25, 0.3) is 0 Å². The number of anilines is 2. The van der Waals surface area contributed by atoms with Crippen molar-refractivity contribution in [3.63, 3.8) is 0 Å². The molecular formula is C21H21N5OS. The van der Waals surface area contributed by atoms with Crippen LogP contribution in [-0.2, 0) is 0 Å². The van der Waals surface area contributed by atoms with Crippen molar-refractivity contribution in [1.29, 1.82) is 0 Å². The fourth-order valence-corrected chi connectivity index (χ4v) is 4.35. The van der Waals surface area contributed by atoms with Gasteiger partial charge in [0.1, 0.15) is 17.0 Å². The Bertz CT molecular complexity index is 1070. The average molecular weight is 392 g/mol. The molecular weight excluding hydrogens is 370 g/mol. The Balaban J connectivity index is 1.36. The molecule has 0 saturated carbocycles. The minimum atomic E-state index is 0.889. The first-order valence-corrected chi connectivity index (χ1v) is 10.2. The second-order valence-electron chi connectivity index (χ2n) is 6.76. The molecule has 142 valence electrons. The summed E-state index contributed by atoms with van der Waals surface area (Å²) in [5, 5.41) is 6.81. The fraction of sp³-hybridized carbons (Fsp3) is 0.238. The van der Waals surface area contributed by atoms with E-state index in [0.29, 0.717) is 0 Å². The summed E-state index contributed by atoms with van der Waals surface area (Å²) in [5.74, 6) is 1.90. The molecule has 1 aliphatic rings. The first kappa shape index (κ1) is 17.1. The molecule has 0 bridgehead atoms. The van der Waals surface area contributed by atoms with Crippen LogP contribution in [0.4, 0.5) is 11.5 Å². The maximum absolute atomic E-state index is 5.26. The third kappa shape index (κ3) is 3.07. The molecule has 4 aromatic rings. The van der Waals surface area contributed by atoms with Crippen molar-refractivity contribution in [2.45, 2.75) is 0 Å². The van der Waals surface area contributed by atoms with E-state index in [1.165, 1.54) is 10.6 Å². The maximum atomic E-state index is 5.26. The Kier molecular flexibility index (Phi) is 4.37. The van der Waals surface area contributed by atoms with E-state index in [0.717, 1.165) is 49.0 Å². The molecule has 0 aliphatic carbocycles. The molecule has 1 saturated heterocycles. The number of fused-ring (bicyclic) bond motifs is 1. The number of ether oxygens (including phenoxy) is 1. The Morgan fingerprint density at radius 2 is 1.79 bits per heavy atom. The van der Waals surface area contributed by atoms with Crippen LogP contribution in [0, 0.1) is 0 Å². The maximum Gasteiger partial charge on any atom is 0.154 e. The number of rotatable bonds is 4. The van der Waals surface area contributed by atoms with Crippen LogP contribution < -0.4 is 14.5 Å². The molecule has 1 aliphatic heterocycles. The van der Waals surface area contributed by atoms with E-state index >= 15 is 0 Å². The second kappa shape index (κ2) is 7.16. The molecule has 3 aromatic heterocycles. The molecule has 0 N–H and O–H groups in total. The summed E-state index contributed by atoms with van der Waals surface area (Å²) in [5.41, 5.74) is 3.29. The van der Waals surface area contributed by atoms with E-state index in [9.17, 15) is 0 Å². The quantitative estimate of drug-likeness (QED) is 0.530. The zero-order valence-corrected chi connectivity index (χ0v) is 16.5. The van der Waals surface area contributed by atoms with Gasteiger partial charge in [-0.2, -0.15) is 5.10 Å². The van der Waals surface area contributed by atoms with Crippen molar-refractivity contribution in [1.82, 2.24) is 14.6 Å². The number of aromatic nitrogens is 3. The first-order valence-electron chi connectivity index (χ1n) is 9.34. The van der Waals surface area contributed by atoms with Gasteiger partial charge < -0.3 is 14.5 Å². The Morgan fingerprint density at radius 3 is 2.50 bits per heavy atom. The van der Waals surface area contributed by atoms with E-state index in [-0.39, 0.29) is 0 Å². The molecule has 5 rings (SSSR count). The highest BCUT2D eigenvalue weighted by molar-refractivity contribution is 7.13. The minimum absolute atomic E-state index is 0.889. The second-order valence-corrected chi connectivity index (χ2v) is 7.71. The number of methoxy groups -OCH3 is 1. The van der Waals surface area contributed by atoms with Crippen molar-refractivity contribution in [3.8, 4) is 16.3 Å². The first-order chi connectivity index (χ1) is 13.8. The predicted octanol–water partition coefficient (Wildman–Crippen LogP) is 3.79. The lowest BCUT2D eigenvalue weighted by molar-refractivity contribution is 0.415. The van der Waals surface area contributed by atoms with Gasteiger partial charge in [0.05, 0.1) is 12.0 Å². The third-order valence-corrected chi connectivity index (χ3v) is 6.05. The molecule has 1 aromatic carbocycles. The number of hydrogen-bond donors (Lipinski definition) is 0. The Labute approximate surface area is 167 Å². The van der Waals surface area contributed by atoms with Gasteiger partial charge in [-0.05, 0) is 41.8 Å². The summed E-state index contributed by atoms with van der Waals surface area (Å²) in [6.45, 7) is 3.78. The van der Waals surface area contributed by atoms with Crippen LogP contribution in [0.25, 0.3) is 16.1 Å². The fourth-order valence-electron chi connectivity index (χ4n) is 3.67. The Hall–Kier alpha value is -3.06. The van der Waals surface area contributed by atoms with Crippen LogP contribution in [0.2, 0.25) is 0 Å². The van der Waals surface area contributed by atoms with Crippen LogP contribution in [0.1, 0.15) is 0 Å². The van der Waals surface area contributed by atoms with Gasteiger partial charge in [0, 0.05) is 44.3 Å². The van der Waals surface area contributed by atoms with E-state index in [1.807, 2.05) is 29.0 Å². The lowest BCUT2D eigenvalue weighted by Crippen LogP contribution is -2.47. The van der Waals surface area contributed by atoms with Crippen LogP contribution in [0.15, 0.2) is 60.2 Å². The number of nitrogens with zero attached hydrogens (tertiary/aromatic N) is 5. The number of benzene rings is 1. The van der Waals surface area contributed by atoms with E-state index < -0.39 is 0 Å². The van der Waals surface area contributed by atoms with Gasteiger partial charge in [-0.15, -0.1) is 11.3 Å². The highest BCUT2D eigenvalue weighted by atomic mass is 32.1. The summed E-state index contributed by atoms with van der Waals surface area (Å²) in [6.07, 6.45) is 3.76. The molecule has 0 unspecified atom stereocenters. The summed E-state index contributed by atoms with van der Waals surface area (Å²) in [6, 6.07) is 14.6. The molecule has 0 spiro atoms. The van der Waals surface area contributed by atoms with Crippen molar-refractivity contribution in [2.24, 2.45) is 0 Å². The number of thiophene rings is 1. The zero-order chi connectivity index (χ0) is 18.9. The molecule has 0 atom stereocenters. The van der Waals surface area contributed by atoms with Crippen molar-refractivity contribution < 1.29 is 4.74 Å². The lowest BCUT2D eigenvalue weighted by Gasteiger charge is -2.36. The monoisotopic (exact) mass is 391 g/mol. The van der Waals surface area contributed by atoms with E-state index in [2.05, 4.69) is 50.5 Å². The summed E-state index contributed by atoms with van der Waals surface area (Å²) in [4.78, 5) is 10.6. The van der Waals surface area contributed by atoms with Crippen molar-refractivity contribution >= 4 is 28.4 Å². The van der Waals surface area contributed by atoms with Gasteiger partial charge in [-0.3, -0.25) is 0 Å². The van der Waals surface area contributed by atoms with Crippen molar-refractivity contribution in [2.75, 3.05) is 43.1 Å². The van der Waals surface area contributed by atoms with Gasteiger partial charge in [-0.25, -0.2) is 9.50 Å². The van der Waals surface area contributed by atoms with Crippen molar-refractivity contribution in [3.05, 3.63) is 60.2 Å². The highest BCUT2D eigenvalue weighted by Crippen LogP contribution is 2.29. The largest absolute Gasteiger partial charge is 0.497 e. The topological polar surface area (TPSA) is 45.9 Å². The van der Waals surface area contributed by atoms with E-state index in [4.69, 9.17) is 9.84 Å². The molecule has 1 fully saturated rings. The third-order valence-electron chi connectivity index (χ3n) is 5.16. The summed E-state index contributed by atoms with van der Waals surface area (Å²) >= 11 is 1.71. The minimum Gasteiger partial charge on any atom is -0.497 e. The standard InChI is InChI=1S/C21H21N5OS/c1-27-17-6-4-16(5-7-17)24-10-12-25(13-11-24)21-19-15-18(20-3-2-14-28-20)23-26(19)9-8-22-21/h2-9,14-15H,10-13H2,1H3. The Morgan fingerprint density at radius 1 is 1.00 bits per heavy atom. The zero-order valence-electron chi connectivity index (χ0n) is 15.7. The van der Waals surface area contributed by atoms with Gasteiger partial charge in [0.15, 0.2) is 5.82 Å². The average Bonchev–Trinajstić information content (AvgIpc) is 3.43. The van der Waals surface area contributed by atoms with Gasteiger partial charge in [0.2, 0.25) is 0 Å². The molecule has 0 amide bonds. The highest BCUT2D eigenvalue weighted by Gasteiger charge is 2.21. The molecule has 4 heterocycles. The van der Waals surface area contributed by atoms with Gasteiger partial charge in [-0.1, -0.05) is 6.07 Å². The predicted molar refractivity (Wildman–Crippen MR) is 114 cm³/mol. The summed E-state index contributed by atoms with van der Waals surface area (Å²) < 4.78 is 7.20. The van der Waals surface area contributed by atoms with Crippen LogP contribution in [0.3, 0.4) is 0 Å². The SMILES string of the molecule is COc1ccc(N2CCN(c3nccn4nc(-c5cccs5)cc34)CC2)cc1.